The third kappa shape index (κ3) is 3.79. The molecule has 0 saturated carbocycles. The van der Waals surface area contributed by atoms with Crippen molar-refractivity contribution in [3.05, 3.63) is 40.9 Å². The maximum Gasteiger partial charge on any atom is 0.303 e. The number of carboxylic acids is 1. The van der Waals surface area contributed by atoms with E-state index in [0.29, 0.717) is 17.1 Å². The van der Waals surface area contributed by atoms with Crippen molar-refractivity contribution in [2.45, 2.75) is 12.8 Å². The number of nitrogens with one attached hydrogen (secondary N) is 1. The molecule has 0 bridgehead atoms. The molecule has 0 atom stereocenters. The van der Waals surface area contributed by atoms with Gasteiger partial charge in [0.05, 0.1) is 12.1 Å². The van der Waals surface area contributed by atoms with Crippen LogP contribution in [-0.4, -0.2) is 22.0 Å². The van der Waals surface area contributed by atoms with Gasteiger partial charge in [0.25, 0.3) is 0 Å². The van der Waals surface area contributed by atoms with Gasteiger partial charge in [-0.25, -0.2) is 4.98 Å². The fourth-order valence-corrected chi connectivity index (χ4v) is 2.32. The van der Waals surface area contributed by atoms with Gasteiger partial charge in [-0.1, -0.05) is 0 Å². The van der Waals surface area contributed by atoms with Crippen LogP contribution < -0.4 is 11.1 Å². The van der Waals surface area contributed by atoms with Crippen LogP contribution >= 0.6 is 11.3 Å². The summed E-state index contributed by atoms with van der Waals surface area (Å²) >= 11 is 1.40. The van der Waals surface area contributed by atoms with Gasteiger partial charge in [-0.05, 0) is 24.3 Å². The number of nitrogens with zero attached hydrogens (tertiary/aromatic N) is 1. The molecule has 2 rings (SSSR count). The zero-order valence-electron chi connectivity index (χ0n) is 10.5. The van der Waals surface area contributed by atoms with Crippen molar-refractivity contribution >= 4 is 34.0 Å². The molecule has 0 unspecified atom stereocenters. The molecule has 1 aromatic heterocycles. The number of hydrogen-bond acceptors (Lipinski definition) is 5. The topological polar surface area (TPSA) is 105 Å². The maximum atomic E-state index is 10.9. The number of rotatable bonds is 6. The molecule has 0 saturated heterocycles. The highest BCUT2D eigenvalue weighted by Crippen LogP contribution is 2.21. The summed E-state index contributed by atoms with van der Waals surface area (Å²) in [6.07, 6.45) is 0.477. The van der Waals surface area contributed by atoms with E-state index in [0.717, 1.165) is 11.4 Å². The number of aryl methyl sites for hydroxylation is 1. The molecule has 4 N–H and O–H groups in total. The van der Waals surface area contributed by atoms with E-state index in [-0.39, 0.29) is 6.42 Å². The summed E-state index contributed by atoms with van der Waals surface area (Å²) in [5.41, 5.74) is 7.13. The number of thiazole rings is 1. The molecule has 0 aliphatic rings. The first-order chi connectivity index (χ1) is 9.54. The van der Waals surface area contributed by atoms with Gasteiger partial charge in [0.2, 0.25) is 5.91 Å². The number of hydrogen-bond donors (Lipinski definition) is 3. The Kier molecular flexibility index (Phi) is 4.31. The largest absolute Gasteiger partial charge is 0.481 e. The molecule has 0 spiro atoms. The summed E-state index contributed by atoms with van der Waals surface area (Å²) in [5.74, 6) is -1.31. The van der Waals surface area contributed by atoms with Gasteiger partial charge in [-0.2, -0.15) is 0 Å². The Labute approximate surface area is 119 Å². The molecule has 2 aromatic rings. The maximum absolute atomic E-state index is 10.9. The lowest BCUT2D eigenvalue weighted by atomic mass is 10.2. The number of primary amides is 1. The van der Waals surface area contributed by atoms with Crippen LogP contribution in [0.1, 0.15) is 22.5 Å². The van der Waals surface area contributed by atoms with Crippen LogP contribution in [0.2, 0.25) is 0 Å². The molecule has 104 valence electrons. The van der Waals surface area contributed by atoms with Crippen molar-refractivity contribution in [3.63, 3.8) is 0 Å². The van der Waals surface area contributed by atoms with E-state index in [9.17, 15) is 9.59 Å². The second kappa shape index (κ2) is 6.16. The van der Waals surface area contributed by atoms with E-state index >= 15 is 0 Å². The predicted octanol–water partition coefficient (Wildman–Crippen LogP) is 2.00. The lowest BCUT2D eigenvalue weighted by Crippen LogP contribution is -2.10. The molecule has 1 heterocycles. The van der Waals surface area contributed by atoms with E-state index < -0.39 is 11.9 Å². The summed E-state index contributed by atoms with van der Waals surface area (Å²) in [6, 6.07) is 6.73. The lowest BCUT2D eigenvalue weighted by Gasteiger charge is -2.02. The minimum absolute atomic E-state index is 0.0660. The van der Waals surface area contributed by atoms with Gasteiger partial charge in [0, 0.05) is 23.1 Å². The van der Waals surface area contributed by atoms with E-state index in [4.69, 9.17) is 10.8 Å². The second-order valence-electron chi connectivity index (χ2n) is 4.10. The van der Waals surface area contributed by atoms with Crippen molar-refractivity contribution < 1.29 is 14.7 Å². The van der Waals surface area contributed by atoms with Gasteiger partial charge < -0.3 is 16.2 Å². The number of carboxylic acid groups (broad SMARTS) is 1. The third-order valence-corrected chi connectivity index (χ3v) is 3.37. The number of carbonyl (C=O) groups excluding carboxylic acids is 1. The average Bonchev–Trinajstić information content (AvgIpc) is 2.84. The van der Waals surface area contributed by atoms with Crippen LogP contribution in [0.4, 0.5) is 10.8 Å². The molecule has 0 fully saturated rings. The first-order valence-electron chi connectivity index (χ1n) is 5.87. The minimum Gasteiger partial charge on any atom is -0.481 e. The molecular weight excluding hydrogens is 278 g/mol. The first kappa shape index (κ1) is 14.0. The van der Waals surface area contributed by atoms with Crippen LogP contribution in [0.5, 0.6) is 0 Å². The smallest absolute Gasteiger partial charge is 0.303 e. The number of nitrogens with two attached hydrogens (primary N) is 1. The zero-order valence-corrected chi connectivity index (χ0v) is 11.3. The summed E-state index contributed by atoms with van der Waals surface area (Å²) in [5, 5.41) is 14.2. The van der Waals surface area contributed by atoms with Gasteiger partial charge >= 0.3 is 5.97 Å². The van der Waals surface area contributed by atoms with E-state index in [1.54, 1.807) is 24.3 Å². The fraction of sp³-hybridized carbons (Fsp3) is 0.154. The highest BCUT2D eigenvalue weighted by molar-refractivity contribution is 7.13. The van der Waals surface area contributed by atoms with Gasteiger partial charge in [-0.15, -0.1) is 11.3 Å². The van der Waals surface area contributed by atoms with Crippen LogP contribution in [0.15, 0.2) is 29.6 Å². The van der Waals surface area contributed by atoms with Crippen LogP contribution in [0, 0.1) is 0 Å². The van der Waals surface area contributed by atoms with Crippen molar-refractivity contribution in [1.29, 1.82) is 0 Å². The van der Waals surface area contributed by atoms with E-state index in [1.165, 1.54) is 11.3 Å². The standard InChI is InChI=1S/C13H13N3O3S/c14-12(19)8-1-3-9(4-2-8)15-13-16-10(7-20-13)5-6-11(17)18/h1-4,7H,5-6H2,(H2,14,19)(H,15,16)(H,17,18). The Balaban J connectivity index is 1.99. The quantitative estimate of drug-likeness (QED) is 0.755. The summed E-state index contributed by atoms with van der Waals surface area (Å²) in [4.78, 5) is 25.7. The molecule has 20 heavy (non-hydrogen) atoms. The second-order valence-corrected chi connectivity index (χ2v) is 4.96. The summed E-state index contributed by atoms with van der Waals surface area (Å²) < 4.78 is 0. The molecular formula is C13H13N3O3S. The normalized spacial score (nSPS) is 10.2. The lowest BCUT2D eigenvalue weighted by molar-refractivity contribution is -0.136. The summed E-state index contributed by atoms with van der Waals surface area (Å²) in [6.45, 7) is 0. The Morgan fingerprint density at radius 1 is 1.30 bits per heavy atom. The number of aliphatic carboxylic acids is 1. The average molecular weight is 291 g/mol. The Morgan fingerprint density at radius 3 is 2.60 bits per heavy atom. The molecule has 0 radical (unpaired) electrons. The molecule has 7 heteroatoms. The molecule has 0 aliphatic heterocycles. The van der Waals surface area contributed by atoms with Gasteiger partial charge in [-0.3, -0.25) is 9.59 Å². The Morgan fingerprint density at radius 2 is 2.00 bits per heavy atom. The van der Waals surface area contributed by atoms with E-state index in [2.05, 4.69) is 10.3 Å². The monoisotopic (exact) mass is 291 g/mol. The van der Waals surface area contributed by atoms with Crippen LogP contribution in [0.3, 0.4) is 0 Å². The highest BCUT2D eigenvalue weighted by atomic mass is 32.1. The third-order valence-electron chi connectivity index (χ3n) is 2.57. The highest BCUT2D eigenvalue weighted by Gasteiger charge is 2.05. The number of amides is 1. The van der Waals surface area contributed by atoms with Gasteiger partial charge in [0.15, 0.2) is 5.13 Å². The number of benzene rings is 1. The van der Waals surface area contributed by atoms with Gasteiger partial charge in [0.1, 0.15) is 0 Å². The molecule has 1 amide bonds. The molecule has 0 aliphatic carbocycles. The van der Waals surface area contributed by atoms with Crippen LogP contribution in [0.25, 0.3) is 0 Å². The number of carbonyl (C=O) groups is 2. The number of anilines is 2. The zero-order chi connectivity index (χ0) is 14.5. The number of aromatic nitrogens is 1. The van der Waals surface area contributed by atoms with E-state index in [1.807, 2.05) is 5.38 Å². The van der Waals surface area contributed by atoms with Crippen molar-refractivity contribution in [1.82, 2.24) is 4.98 Å². The first-order valence-corrected chi connectivity index (χ1v) is 6.75. The fourth-order valence-electron chi connectivity index (χ4n) is 1.56. The van der Waals surface area contributed by atoms with Crippen LogP contribution in [-0.2, 0) is 11.2 Å². The minimum atomic E-state index is -0.838. The Bertz CT molecular complexity index is 622. The SMILES string of the molecule is NC(=O)c1ccc(Nc2nc(CCC(=O)O)cs2)cc1. The van der Waals surface area contributed by atoms with Crippen molar-refractivity contribution in [2.75, 3.05) is 5.32 Å². The molecule has 6 nitrogen and oxygen atoms in total. The predicted molar refractivity (Wildman–Crippen MR) is 76.3 cm³/mol. The van der Waals surface area contributed by atoms with Crippen molar-refractivity contribution in [2.24, 2.45) is 5.73 Å². The summed E-state index contributed by atoms with van der Waals surface area (Å²) in [7, 11) is 0. The Hall–Kier alpha value is -2.41. The molecule has 1 aromatic carbocycles. The van der Waals surface area contributed by atoms with Crippen molar-refractivity contribution in [3.8, 4) is 0 Å².